The summed E-state index contributed by atoms with van der Waals surface area (Å²) in [6, 6.07) is 10.2. The molecule has 0 unspecified atom stereocenters. The fourth-order valence-corrected chi connectivity index (χ4v) is 2.54. The summed E-state index contributed by atoms with van der Waals surface area (Å²) in [5.41, 5.74) is 1.37. The molecule has 23 heavy (non-hydrogen) atoms. The molecule has 4 nitrogen and oxygen atoms in total. The van der Waals surface area contributed by atoms with Crippen molar-refractivity contribution in [2.24, 2.45) is 0 Å². The molecule has 0 saturated carbocycles. The fraction of sp³-hybridized carbons (Fsp3) is 0.188. The Morgan fingerprint density at radius 2 is 1.87 bits per heavy atom. The van der Waals surface area contributed by atoms with Crippen molar-refractivity contribution in [2.75, 3.05) is 18.5 Å². The van der Waals surface area contributed by atoms with Crippen LogP contribution in [0.1, 0.15) is 5.56 Å². The topological polar surface area (TPSA) is 47.6 Å². The van der Waals surface area contributed by atoms with E-state index in [9.17, 15) is 4.79 Å². The van der Waals surface area contributed by atoms with Crippen molar-refractivity contribution < 1.29 is 14.3 Å². The van der Waals surface area contributed by atoms with Crippen LogP contribution >= 0.6 is 34.8 Å². The van der Waals surface area contributed by atoms with Crippen LogP contribution in [0.2, 0.25) is 15.1 Å². The molecule has 0 radical (unpaired) electrons. The summed E-state index contributed by atoms with van der Waals surface area (Å²) >= 11 is 17.8. The Labute approximate surface area is 149 Å². The van der Waals surface area contributed by atoms with Crippen molar-refractivity contribution >= 4 is 46.6 Å². The lowest BCUT2D eigenvalue weighted by Gasteiger charge is -2.11. The predicted octanol–water partition coefficient (Wildman–Crippen LogP) is 5.58. The molecule has 0 bridgehead atoms. The molecule has 0 aliphatic rings. The lowest BCUT2D eigenvalue weighted by molar-refractivity contribution is 0.138. The van der Waals surface area contributed by atoms with E-state index in [4.69, 9.17) is 44.3 Å². The molecule has 0 aromatic heterocycles. The summed E-state index contributed by atoms with van der Waals surface area (Å²) < 4.78 is 10.5. The van der Waals surface area contributed by atoms with Gasteiger partial charge in [0.25, 0.3) is 0 Å². The maximum Gasteiger partial charge on any atom is 0.411 e. The van der Waals surface area contributed by atoms with Crippen molar-refractivity contribution in [2.45, 2.75) is 6.92 Å². The van der Waals surface area contributed by atoms with Crippen molar-refractivity contribution in [1.29, 1.82) is 0 Å². The Balaban J connectivity index is 1.79. The second-order valence-electron chi connectivity index (χ2n) is 4.62. The molecule has 0 aliphatic carbocycles. The summed E-state index contributed by atoms with van der Waals surface area (Å²) in [5, 5.41) is 3.97. The number of aryl methyl sites for hydroxylation is 1. The SMILES string of the molecule is Cc1cccc(Cl)c1NC(=O)OCCOc1ccc(Cl)cc1Cl. The molecule has 2 aromatic carbocycles. The average Bonchev–Trinajstić information content (AvgIpc) is 2.49. The van der Waals surface area contributed by atoms with E-state index in [1.54, 1.807) is 30.3 Å². The quantitative estimate of drug-likeness (QED) is 0.695. The number of rotatable bonds is 5. The number of para-hydroxylation sites is 1. The van der Waals surface area contributed by atoms with Crippen LogP contribution in [0.4, 0.5) is 10.5 Å². The number of hydrogen-bond acceptors (Lipinski definition) is 3. The summed E-state index contributed by atoms with van der Waals surface area (Å²) in [5.74, 6) is 0.474. The molecule has 0 saturated heterocycles. The highest BCUT2D eigenvalue weighted by Gasteiger charge is 2.09. The first kappa shape index (κ1) is 17.7. The molecule has 1 amide bonds. The van der Waals surface area contributed by atoms with E-state index < -0.39 is 6.09 Å². The van der Waals surface area contributed by atoms with Crippen molar-refractivity contribution in [3.8, 4) is 5.75 Å². The van der Waals surface area contributed by atoms with Gasteiger partial charge in [0.15, 0.2) is 0 Å². The van der Waals surface area contributed by atoms with Crippen molar-refractivity contribution in [3.63, 3.8) is 0 Å². The minimum atomic E-state index is -0.605. The smallest absolute Gasteiger partial charge is 0.411 e. The van der Waals surface area contributed by atoms with Crippen LogP contribution in [-0.4, -0.2) is 19.3 Å². The summed E-state index contributed by atoms with van der Waals surface area (Å²) in [4.78, 5) is 11.7. The Morgan fingerprint density at radius 3 is 2.57 bits per heavy atom. The molecule has 1 N–H and O–H groups in total. The van der Waals surface area contributed by atoms with Gasteiger partial charge in [-0.3, -0.25) is 5.32 Å². The Morgan fingerprint density at radius 1 is 1.09 bits per heavy atom. The minimum Gasteiger partial charge on any atom is -0.488 e. The molecule has 0 atom stereocenters. The van der Waals surface area contributed by atoms with E-state index in [1.807, 2.05) is 13.0 Å². The van der Waals surface area contributed by atoms with Gasteiger partial charge in [-0.15, -0.1) is 0 Å². The first-order valence-corrected chi connectivity index (χ1v) is 7.87. The first-order valence-electron chi connectivity index (χ1n) is 6.74. The second-order valence-corrected chi connectivity index (χ2v) is 5.87. The monoisotopic (exact) mass is 373 g/mol. The van der Waals surface area contributed by atoms with Gasteiger partial charge in [0.05, 0.1) is 15.7 Å². The van der Waals surface area contributed by atoms with Crippen molar-refractivity contribution in [3.05, 3.63) is 57.0 Å². The van der Waals surface area contributed by atoms with Crippen LogP contribution in [0, 0.1) is 6.92 Å². The lowest BCUT2D eigenvalue weighted by atomic mass is 10.2. The fourth-order valence-electron chi connectivity index (χ4n) is 1.81. The predicted molar refractivity (Wildman–Crippen MR) is 93.1 cm³/mol. The number of amides is 1. The number of nitrogens with one attached hydrogen (secondary N) is 1. The number of benzene rings is 2. The maximum atomic E-state index is 11.7. The van der Waals surface area contributed by atoms with E-state index in [0.717, 1.165) is 5.56 Å². The molecule has 122 valence electrons. The van der Waals surface area contributed by atoms with E-state index in [1.165, 1.54) is 0 Å². The summed E-state index contributed by atoms with van der Waals surface area (Å²) in [6.07, 6.45) is -0.605. The minimum absolute atomic E-state index is 0.0638. The third-order valence-corrected chi connectivity index (χ3v) is 3.76. The van der Waals surface area contributed by atoms with Crippen LogP contribution in [0.15, 0.2) is 36.4 Å². The van der Waals surface area contributed by atoms with Crippen LogP contribution < -0.4 is 10.1 Å². The van der Waals surface area contributed by atoms with E-state index in [-0.39, 0.29) is 13.2 Å². The highest BCUT2D eigenvalue weighted by Crippen LogP contribution is 2.27. The Kier molecular flexibility index (Phi) is 6.39. The van der Waals surface area contributed by atoms with Gasteiger partial charge < -0.3 is 9.47 Å². The highest BCUT2D eigenvalue weighted by atomic mass is 35.5. The number of anilines is 1. The van der Waals surface area contributed by atoms with Gasteiger partial charge in [0.1, 0.15) is 19.0 Å². The van der Waals surface area contributed by atoms with Gasteiger partial charge in [-0.2, -0.15) is 0 Å². The van der Waals surface area contributed by atoms with Crippen LogP contribution in [0.3, 0.4) is 0 Å². The summed E-state index contributed by atoms with van der Waals surface area (Å²) in [6.45, 7) is 2.07. The molecular formula is C16H14Cl3NO3. The summed E-state index contributed by atoms with van der Waals surface area (Å²) in [7, 11) is 0. The van der Waals surface area contributed by atoms with E-state index >= 15 is 0 Å². The van der Waals surface area contributed by atoms with Gasteiger partial charge in [-0.05, 0) is 36.8 Å². The third-order valence-electron chi connectivity index (χ3n) is 2.92. The zero-order valence-electron chi connectivity index (χ0n) is 12.2. The molecular weight excluding hydrogens is 361 g/mol. The molecule has 0 heterocycles. The molecule has 0 fully saturated rings. The molecule has 0 aliphatic heterocycles. The highest BCUT2D eigenvalue weighted by molar-refractivity contribution is 6.35. The van der Waals surface area contributed by atoms with Crippen LogP contribution in [-0.2, 0) is 4.74 Å². The second kappa shape index (κ2) is 8.29. The number of ether oxygens (including phenoxy) is 2. The average molecular weight is 375 g/mol. The largest absolute Gasteiger partial charge is 0.488 e. The standard InChI is InChI=1S/C16H14Cl3NO3/c1-10-3-2-4-12(18)15(10)20-16(21)23-8-7-22-14-6-5-11(17)9-13(14)19/h2-6,9H,7-8H2,1H3,(H,20,21). The Bertz CT molecular complexity index is 687. The zero-order valence-corrected chi connectivity index (χ0v) is 14.5. The number of halogens is 3. The van der Waals surface area contributed by atoms with Gasteiger partial charge in [0, 0.05) is 5.02 Å². The Hall–Kier alpha value is -1.62. The molecule has 2 aromatic rings. The number of carbonyl (C=O) groups is 1. The normalized spacial score (nSPS) is 10.3. The zero-order chi connectivity index (χ0) is 16.8. The first-order chi connectivity index (χ1) is 11.0. The maximum absolute atomic E-state index is 11.7. The van der Waals surface area contributed by atoms with Crippen LogP contribution in [0.25, 0.3) is 0 Å². The van der Waals surface area contributed by atoms with E-state index in [0.29, 0.717) is 26.5 Å². The van der Waals surface area contributed by atoms with Crippen molar-refractivity contribution in [1.82, 2.24) is 0 Å². The molecule has 7 heteroatoms. The van der Waals surface area contributed by atoms with Gasteiger partial charge in [-0.1, -0.05) is 46.9 Å². The van der Waals surface area contributed by atoms with Gasteiger partial charge in [0.2, 0.25) is 0 Å². The number of carbonyl (C=O) groups excluding carboxylic acids is 1. The molecule has 2 rings (SSSR count). The van der Waals surface area contributed by atoms with Gasteiger partial charge >= 0.3 is 6.09 Å². The number of hydrogen-bond donors (Lipinski definition) is 1. The van der Waals surface area contributed by atoms with E-state index in [2.05, 4.69) is 5.32 Å². The lowest BCUT2D eigenvalue weighted by Crippen LogP contribution is -2.18. The van der Waals surface area contributed by atoms with Crippen LogP contribution in [0.5, 0.6) is 5.75 Å². The molecule has 0 spiro atoms. The third kappa shape index (κ3) is 5.20. The van der Waals surface area contributed by atoms with Gasteiger partial charge in [-0.25, -0.2) is 4.79 Å².